The Morgan fingerprint density at radius 1 is 0.870 bits per heavy atom. The van der Waals surface area contributed by atoms with E-state index < -0.39 is 11.1 Å². The van der Waals surface area contributed by atoms with Crippen LogP contribution in [0.15, 0.2) is 29.2 Å². The summed E-state index contributed by atoms with van der Waals surface area (Å²) < 4.78 is 19.0. The molecule has 0 spiro atoms. The van der Waals surface area contributed by atoms with E-state index in [4.69, 9.17) is 4.55 Å². The number of hydrogen-bond donors (Lipinski definition) is 2. The quantitative estimate of drug-likeness (QED) is 0.778. The first-order valence-corrected chi connectivity index (χ1v) is 10.2. The van der Waals surface area contributed by atoms with Gasteiger partial charge in [-0.15, -0.1) is 0 Å². The molecule has 0 bridgehead atoms. The second-order valence-corrected chi connectivity index (χ2v) is 7.87. The first-order valence-electron chi connectivity index (χ1n) is 9.09. The van der Waals surface area contributed by atoms with Crippen LogP contribution in [0.2, 0.25) is 0 Å². The van der Waals surface area contributed by atoms with Crippen LogP contribution in [-0.4, -0.2) is 20.8 Å². The van der Waals surface area contributed by atoms with E-state index in [0.717, 1.165) is 17.6 Å². The fraction of sp³-hybridized carbons (Fsp3) is 0.684. The van der Waals surface area contributed by atoms with Crippen LogP contribution in [0.4, 0.5) is 0 Å². The van der Waals surface area contributed by atoms with Gasteiger partial charge in [-0.25, -0.2) is 4.21 Å². The van der Waals surface area contributed by atoms with Crippen molar-refractivity contribution in [3.8, 4) is 0 Å². The van der Waals surface area contributed by atoms with Crippen LogP contribution < -0.4 is 5.32 Å². The molecule has 2 aliphatic rings. The molecule has 0 amide bonds. The van der Waals surface area contributed by atoms with E-state index >= 15 is 0 Å². The molecule has 23 heavy (non-hydrogen) atoms. The van der Waals surface area contributed by atoms with Crippen molar-refractivity contribution in [3.63, 3.8) is 0 Å². The highest BCUT2D eigenvalue weighted by Gasteiger charge is 2.19. The Morgan fingerprint density at radius 3 is 1.70 bits per heavy atom. The van der Waals surface area contributed by atoms with Crippen LogP contribution in [0, 0.1) is 6.92 Å². The SMILES string of the molecule is C1CCC(NC2CCCCC2)CC1.Cc1ccc(S(=O)O)cc1. The zero-order valence-corrected chi connectivity index (χ0v) is 15.1. The molecular formula is C19H31NO2S. The van der Waals surface area contributed by atoms with E-state index in [0.29, 0.717) is 4.90 Å². The second kappa shape index (κ2) is 10.2. The lowest BCUT2D eigenvalue weighted by Crippen LogP contribution is -2.40. The minimum absolute atomic E-state index is 0.450. The molecule has 1 aromatic carbocycles. The molecule has 0 saturated heterocycles. The van der Waals surface area contributed by atoms with Gasteiger partial charge in [0, 0.05) is 12.1 Å². The molecule has 1 atom stereocenters. The summed E-state index contributed by atoms with van der Waals surface area (Å²) in [6.45, 7) is 1.93. The Morgan fingerprint density at radius 2 is 1.30 bits per heavy atom. The highest BCUT2D eigenvalue weighted by molar-refractivity contribution is 7.79. The van der Waals surface area contributed by atoms with Gasteiger partial charge in [-0.3, -0.25) is 0 Å². The summed E-state index contributed by atoms with van der Waals surface area (Å²) in [6.07, 6.45) is 14.6. The van der Waals surface area contributed by atoms with Gasteiger partial charge in [0.05, 0.1) is 4.90 Å². The first-order chi connectivity index (χ1) is 11.1. The lowest BCUT2D eigenvalue weighted by Gasteiger charge is -2.30. The van der Waals surface area contributed by atoms with E-state index in [2.05, 4.69) is 5.32 Å². The number of aryl methyl sites for hydroxylation is 1. The number of rotatable bonds is 3. The van der Waals surface area contributed by atoms with Crippen molar-refractivity contribution in [2.45, 2.75) is 88.1 Å². The summed E-state index contributed by atoms with van der Waals surface area (Å²) in [5, 5.41) is 3.86. The fourth-order valence-corrected chi connectivity index (χ4v) is 3.90. The minimum Gasteiger partial charge on any atom is -0.311 e. The Hall–Kier alpha value is -0.710. The fourth-order valence-electron chi connectivity index (χ4n) is 3.53. The molecule has 2 fully saturated rings. The first kappa shape index (κ1) is 18.6. The van der Waals surface area contributed by atoms with Crippen LogP contribution in [0.3, 0.4) is 0 Å². The van der Waals surface area contributed by atoms with Crippen LogP contribution in [-0.2, 0) is 11.1 Å². The predicted octanol–water partition coefficient (Wildman–Crippen LogP) is 4.82. The summed E-state index contributed by atoms with van der Waals surface area (Å²) in [6, 6.07) is 8.65. The second-order valence-electron chi connectivity index (χ2n) is 6.90. The Labute approximate surface area is 143 Å². The van der Waals surface area contributed by atoms with Gasteiger partial charge in [-0.2, -0.15) is 0 Å². The number of benzene rings is 1. The highest BCUT2D eigenvalue weighted by atomic mass is 32.2. The lowest BCUT2D eigenvalue weighted by molar-refractivity contribution is 0.291. The third-order valence-corrected chi connectivity index (χ3v) is 5.58. The molecule has 0 aromatic heterocycles. The van der Waals surface area contributed by atoms with Gasteiger partial charge in [-0.1, -0.05) is 56.2 Å². The Kier molecular flexibility index (Phi) is 8.27. The summed E-state index contributed by atoms with van der Waals surface area (Å²) >= 11 is -1.84. The molecule has 1 aromatic rings. The van der Waals surface area contributed by atoms with E-state index in [-0.39, 0.29) is 0 Å². The van der Waals surface area contributed by atoms with Crippen molar-refractivity contribution in [1.29, 1.82) is 0 Å². The van der Waals surface area contributed by atoms with Gasteiger partial charge in [0.2, 0.25) is 0 Å². The normalized spacial score (nSPS) is 21.3. The zero-order chi connectivity index (χ0) is 16.5. The molecule has 0 aliphatic heterocycles. The van der Waals surface area contributed by atoms with Crippen LogP contribution >= 0.6 is 0 Å². The van der Waals surface area contributed by atoms with Gasteiger partial charge in [0.1, 0.15) is 0 Å². The number of hydrogen-bond acceptors (Lipinski definition) is 2. The Bertz CT molecular complexity index is 447. The van der Waals surface area contributed by atoms with Crippen molar-refractivity contribution in [2.75, 3.05) is 0 Å². The summed E-state index contributed by atoms with van der Waals surface area (Å²) in [7, 11) is 0. The summed E-state index contributed by atoms with van der Waals surface area (Å²) in [5.74, 6) is 0. The van der Waals surface area contributed by atoms with Crippen LogP contribution in [0.5, 0.6) is 0 Å². The third kappa shape index (κ3) is 7.15. The molecule has 1 unspecified atom stereocenters. The maximum Gasteiger partial charge on any atom is 0.186 e. The molecule has 2 aliphatic carbocycles. The molecule has 0 radical (unpaired) electrons. The smallest absolute Gasteiger partial charge is 0.186 e. The topological polar surface area (TPSA) is 49.3 Å². The molecule has 3 rings (SSSR count). The van der Waals surface area contributed by atoms with E-state index in [1.54, 1.807) is 12.1 Å². The standard InChI is InChI=1S/C12H23N.C7H8O2S/c1-3-7-11(8-4-1)13-12-9-5-2-6-10-12;1-6-2-4-7(5-3-6)10(8)9/h11-13H,1-10H2;2-5H,1H3,(H,8,9). The van der Waals surface area contributed by atoms with Crippen molar-refractivity contribution in [2.24, 2.45) is 0 Å². The average Bonchev–Trinajstić information content (AvgIpc) is 2.58. The van der Waals surface area contributed by atoms with Gasteiger partial charge in [0.15, 0.2) is 11.1 Å². The Balaban J connectivity index is 0.000000174. The molecule has 4 heteroatoms. The van der Waals surface area contributed by atoms with Crippen LogP contribution in [0.1, 0.15) is 69.8 Å². The minimum atomic E-state index is -1.84. The molecule has 130 valence electrons. The van der Waals surface area contributed by atoms with E-state index in [1.807, 2.05) is 19.1 Å². The van der Waals surface area contributed by atoms with Gasteiger partial charge in [0.25, 0.3) is 0 Å². The third-order valence-electron chi connectivity index (χ3n) is 4.90. The molecule has 2 N–H and O–H groups in total. The maximum absolute atomic E-state index is 10.4. The van der Waals surface area contributed by atoms with E-state index in [1.165, 1.54) is 64.2 Å². The zero-order valence-electron chi connectivity index (χ0n) is 14.3. The summed E-state index contributed by atoms with van der Waals surface area (Å²) in [4.78, 5) is 0.450. The molecule has 0 heterocycles. The van der Waals surface area contributed by atoms with Crippen molar-refractivity contribution >= 4 is 11.1 Å². The van der Waals surface area contributed by atoms with Crippen molar-refractivity contribution < 1.29 is 8.76 Å². The van der Waals surface area contributed by atoms with Gasteiger partial charge in [-0.05, 0) is 44.7 Å². The monoisotopic (exact) mass is 337 g/mol. The largest absolute Gasteiger partial charge is 0.311 e. The molecule has 3 nitrogen and oxygen atoms in total. The maximum atomic E-state index is 10.4. The van der Waals surface area contributed by atoms with Crippen molar-refractivity contribution in [1.82, 2.24) is 5.32 Å². The average molecular weight is 338 g/mol. The molecule has 2 saturated carbocycles. The predicted molar refractivity (Wildman–Crippen MR) is 97.1 cm³/mol. The number of nitrogens with one attached hydrogen (secondary N) is 1. The van der Waals surface area contributed by atoms with Gasteiger partial charge >= 0.3 is 0 Å². The van der Waals surface area contributed by atoms with E-state index in [9.17, 15) is 4.21 Å². The highest BCUT2D eigenvalue weighted by Crippen LogP contribution is 2.22. The lowest BCUT2D eigenvalue weighted by atomic mass is 9.91. The van der Waals surface area contributed by atoms with Crippen LogP contribution in [0.25, 0.3) is 0 Å². The van der Waals surface area contributed by atoms with Gasteiger partial charge < -0.3 is 9.87 Å². The summed E-state index contributed by atoms with van der Waals surface area (Å²) in [5.41, 5.74) is 1.09. The van der Waals surface area contributed by atoms with Crippen molar-refractivity contribution in [3.05, 3.63) is 29.8 Å². The molecular weight excluding hydrogens is 306 g/mol.